The summed E-state index contributed by atoms with van der Waals surface area (Å²) in [5.41, 5.74) is 4.77. The first-order valence-electron chi connectivity index (χ1n) is 20.4. The molecular formula is C43H60N2O15. The van der Waals surface area contributed by atoms with Crippen LogP contribution in [-0.2, 0) is 52.1 Å². The Morgan fingerprint density at radius 3 is 1.22 bits per heavy atom. The van der Waals surface area contributed by atoms with Gasteiger partial charge in [0.1, 0.15) is 19.0 Å². The summed E-state index contributed by atoms with van der Waals surface area (Å²) in [7, 11) is 0. The zero-order chi connectivity index (χ0) is 42.1. The predicted octanol–water partition coefficient (Wildman–Crippen LogP) is 4.68. The lowest BCUT2D eigenvalue weighted by atomic mass is 9.98. The van der Waals surface area contributed by atoms with Gasteiger partial charge in [-0.05, 0) is 34.4 Å². The Hall–Kier alpha value is -4.27. The second-order valence-corrected chi connectivity index (χ2v) is 13.0. The van der Waals surface area contributed by atoms with Gasteiger partial charge in [-0.25, -0.2) is 4.79 Å². The van der Waals surface area contributed by atoms with Crippen LogP contribution in [0.1, 0.15) is 17.0 Å². The van der Waals surface area contributed by atoms with E-state index in [1.165, 1.54) is 34.4 Å². The van der Waals surface area contributed by atoms with E-state index >= 15 is 0 Å². The Labute approximate surface area is 351 Å². The smallest absolute Gasteiger partial charge is 0.407 e. The molecule has 0 unspecified atom stereocenters. The zero-order valence-corrected chi connectivity index (χ0v) is 34.3. The van der Waals surface area contributed by atoms with Crippen molar-refractivity contribution >= 4 is 11.8 Å². The summed E-state index contributed by atoms with van der Waals surface area (Å²) in [4.78, 5) is 22.5. The van der Waals surface area contributed by atoms with Crippen molar-refractivity contribution in [2.45, 2.75) is 5.92 Å². The normalized spacial score (nSPS) is 12.0. The largest absolute Gasteiger partial charge is 0.491 e. The van der Waals surface area contributed by atoms with Crippen LogP contribution >= 0.6 is 0 Å². The number of carbonyl (C=O) groups is 1. The topological polar surface area (TPSA) is 183 Å². The quantitative estimate of drug-likeness (QED) is 0.0480. The molecule has 4 rings (SSSR count). The summed E-state index contributed by atoms with van der Waals surface area (Å²) in [5.74, 6) is 0.581. The highest BCUT2D eigenvalue weighted by Crippen LogP contribution is 2.44. The van der Waals surface area contributed by atoms with E-state index in [1.807, 2.05) is 24.3 Å². The fraction of sp³-hybridized carbons (Fsp3) is 0.558. The number of nitrogens with one attached hydrogen (secondary N) is 1. The first-order valence-corrected chi connectivity index (χ1v) is 20.4. The molecule has 3 aromatic rings. The Balaban J connectivity index is 0.776. The van der Waals surface area contributed by atoms with Gasteiger partial charge in [-0.3, -0.25) is 10.1 Å². The van der Waals surface area contributed by atoms with Gasteiger partial charge in [0.2, 0.25) is 0 Å². The third kappa shape index (κ3) is 20.3. The molecule has 0 saturated carbocycles. The van der Waals surface area contributed by atoms with E-state index in [0.717, 1.165) is 0 Å². The van der Waals surface area contributed by atoms with Gasteiger partial charge in [0.25, 0.3) is 5.69 Å². The third-order valence-electron chi connectivity index (χ3n) is 8.75. The van der Waals surface area contributed by atoms with Crippen LogP contribution < -0.4 is 10.1 Å². The lowest BCUT2D eigenvalue weighted by molar-refractivity contribution is -0.384. The molecule has 3 aromatic carbocycles. The highest BCUT2D eigenvalue weighted by Gasteiger charge is 2.29. The maximum Gasteiger partial charge on any atom is 0.407 e. The maximum atomic E-state index is 12.3. The van der Waals surface area contributed by atoms with E-state index in [9.17, 15) is 14.9 Å². The minimum atomic E-state index is -0.459. The van der Waals surface area contributed by atoms with E-state index in [4.69, 9.17) is 56.8 Å². The first-order chi connectivity index (χ1) is 29.6. The molecule has 1 amide bonds. The van der Waals surface area contributed by atoms with Crippen molar-refractivity contribution in [2.75, 3.05) is 152 Å². The summed E-state index contributed by atoms with van der Waals surface area (Å²) in [5, 5.41) is 13.4. The fourth-order valence-electron chi connectivity index (χ4n) is 5.84. The van der Waals surface area contributed by atoms with Crippen molar-refractivity contribution in [1.82, 2.24) is 5.32 Å². The maximum absolute atomic E-state index is 12.3. The summed E-state index contributed by atoms with van der Waals surface area (Å²) >= 11 is 0. The van der Waals surface area contributed by atoms with E-state index < -0.39 is 11.0 Å². The Morgan fingerprint density at radius 1 is 0.483 bits per heavy atom. The van der Waals surface area contributed by atoms with Crippen LogP contribution in [0.5, 0.6) is 5.75 Å². The van der Waals surface area contributed by atoms with Gasteiger partial charge < -0.3 is 62.2 Å². The highest BCUT2D eigenvalue weighted by molar-refractivity contribution is 5.79. The van der Waals surface area contributed by atoms with Crippen LogP contribution in [0.3, 0.4) is 0 Å². The van der Waals surface area contributed by atoms with Crippen molar-refractivity contribution in [2.24, 2.45) is 0 Å². The molecule has 332 valence electrons. The number of carbonyl (C=O) groups excluding carboxylic acids is 1. The number of alkyl carbamates (subject to hydrolysis) is 1. The summed E-state index contributed by atoms with van der Waals surface area (Å²) in [6.07, 6.45) is -0.459. The van der Waals surface area contributed by atoms with Crippen LogP contribution in [0.4, 0.5) is 10.5 Å². The van der Waals surface area contributed by atoms with Gasteiger partial charge in [-0.1, -0.05) is 48.5 Å². The standard InChI is InChI=1S/C43H60N2O15/c46-43(60-35-42-40-7-3-1-5-38(40)39-6-2-4-8-41(39)42)44-13-14-49-15-16-50-17-18-51-19-20-52-21-22-53-23-24-54-25-26-55-27-28-56-29-30-57-31-32-58-33-34-59-37-11-9-36(10-12-37)45(47)48/h1-12,42H,13-35H2,(H,44,46). The monoisotopic (exact) mass is 844 g/mol. The molecule has 1 aliphatic carbocycles. The number of nitro benzene ring substituents is 1. The van der Waals surface area contributed by atoms with Crippen molar-refractivity contribution in [3.63, 3.8) is 0 Å². The molecule has 0 bridgehead atoms. The summed E-state index contributed by atoms with van der Waals surface area (Å²) < 4.78 is 65.9. The molecule has 0 aromatic heterocycles. The van der Waals surface area contributed by atoms with Crippen molar-refractivity contribution < 1.29 is 66.6 Å². The Bertz CT molecular complexity index is 1540. The lowest BCUT2D eigenvalue weighted by Gasteiger charge is -2.14. The minimum absolute atomic E-state index is 0.0212. The summed E-state index contributed by atoms with van der Waals surface area (Å²) in [6, 6.07) is 22.4. The second-order valence-electron chi connectivity index (χ2n) is 13.0. The average molecular weight is 845 g/mol. The molecule has 0 spiro atoms. The average Bonchev–Trinajstić information content (AvgIpc) is 3.59. The molecule has 0 aliphatic heterocycles. The van der Waals surface area contributed by atoms with Crippen molar-refractivity contribution in [3.05, 3.63) is 94.0 Å². The van der Waals surface area contributed by atoms with E-state index in [1.54, 1.807) is 12.1 Å². The van der Waals surface area contributed by atoms with E-state index in [-0.39, 0.29) is 18.2 Å². The van der Waals surface area contributed by atoms with Crippen LogP contribution in [0.25, 0.3) is 11.1 Å². The molecule has 1 aliphatic rings. The van der Waals surface area contributed by atoms with Crippen molar-refractivity contribution in [1.29, 1.82) is 0 Å². The number of ether oxygens (including phenoxy) is 12. The van der Waals surface area contributed by atoms with Gasteiger partial charge in [-0.15, -0.1) is 0 Å². The Kier molecular flexibility index (Phi) is 25.5. The molecule has 0 radical (unpaired) electrons. The minimum Gasteiger partial charge on any atom is -0.491 e. The molecule has 0 fully saturated rings. The van der Waals surface area contributed by atoms with Crippen LogP contribution in [0, 0.1) is 10.1 Å². The van der Waals surface area contributed by atoms with Crippen LogP contribution in [-0.4, -0.2) is 163 Å². The number of benzene rings is 3. The number of hydrogen-bond donors (Lipinski definition) is 1. The molecule has 17 heteroatoms. The Morgan fingerprint density at radius 2 is 0.833 bits per heavy atom. The number of nitrogens with zero attached hydrogens (tertiary/aromatic N) is 1. The molecular weight excluding hydrogens is 784 g/mol. The SMILES string of the molecule is O=C(NCCOCCOCCOCCOCCOCCOCCOCCOCCOCCOCCOc1ccc([N+](=O)[O-])cc1)OCC1c2ccccc2-c2ccccc21. The van der Waals surface area contributed by atoms with Gasteiger partial charge in [0, 0.05) is 24.6 Å². The van der Waals surface area contributed by atoms with Crippen molar-refractivity contribution in [3.8, 4) is 16.9 Å². The zero-order valence-electron chi connectivity index (χ0n) is 34.3. The number of rotatable bonds is 37. The van der Waals surface area contributed by atoms with Gasteiger partial charge in [-0.2, -0.15) is 0 Å². The van der Waals surface area contributed by atoms with Gasteiger partial charge in [0.05, 0.1) is 137 Å². The summed E-state index contributed by atoms with van der Waals surface area (Å²) in [6.45, 7) is 9.94. The van der Waals surface area contributed by atoms with Crippen LogP contribution in [0.15, 0.2) is 72.8 Å². The second kappa shape index (κ2) is 31.6. The number of fused-ring (bicyclic) bond motifs is 3. The number of hydrogen-bond acceptors (Lipinski definition) is 15. The lowest BCUT2D eigenvalue weighted by Crippen LogP contribution is -2.29. The molecule has 1 N–H and O–H groups in total. The molecule has 0 saturated heterocycles. The first kappa shape index (κ1) is 48.4. The van der Waals surface area contributed by atoms with Gasteiger partial charge in [0.15, 0.2) is 0 Å². The molecule has 0 atom stereocenters. The predicted molar refractivity (Wildman–Crippen MR) is 220 cm³/mol. The van der Waals surface area contributed by atoms with Gasteiger partial charge >= 0.3 is 6.09 Å². The number of amides is 1. The number of non-ortho nitro benzene ring substituents is 1. The molecule has 17 nitrogen and oxygen atoms in total. The fourth-order valence-corrected chi connectivity index (χ4v) is 5.84. The van der Waals surface area contributed by atoms with E-state index in [0.29, 0.717) is 151 Å². The molecule has 0 heterocycles. The van der Waals surface area contributed by atoms with Crippen LogP contribution in [0.2, 0.25) is 0 Å². The highest BCUT2D eigenvalue weighted by atomic mass is 16.6. The molecule has 60 heavy (non-hydrogen) atoms. The third-order valence-corrected chi connectivity index (χ3v) is 8.75. The van der Waals surface area contributed by atoms with E-state index in [2.05, 4.69) is 29.6 Å². The number of nitro groups is 1.